The fraction of sp³-hybridized carbons (Fsp3) is 0.304. The number of hydrogen-bond acceptors (Lipinski definition) is 8. The first-order valence-electron chi connectivity index (χ1n) is 10.6. The van der Waals surface area contributed by atoms with Crippen LogP contribution in [-0.2, 0) is 18.1 Å². The Labute approximate surface area is 203 Å². The minimum absolute atomic E-state index is 0.00106. The van der Waals surface area contributed by atoms with Crippen molar-refractivity contribution in [1.82, 2.24) is 24.7 Å². The van der Waals surface area contributed by atoms with Gasteiger partial charge in [-0.2, -0.15) is 18.3 Å². The molecule has 1 aromatic carbocycles. The van der Waals surface area contributed by atoms with Crippen molar-refractivity contribution >= 4 is 22.2 Å². The number of aliphatic hydroxyl groups excluding tert-OH is 1. The second kappa shape index (κ2) is 9.62. The maximum Gasteiger partial charge on any atom is 0.435 e. The molecule has 0 saturated carbocycles. The van der Waals surface area contributed by atoms with Crippen molar-refractivity contribution in [2.24, 2.45) is 0 Å². The molecule has 0 fully saturated rings. The summed E-state index contributed by atoms with van der Waals surface area (Å²) in [5.41, 5.74) is 0.00868. The number of pyridine rings is 1. The number of rotatable bonds is 7. The third-order valence-corrected chi connectivity index (χ3v) is 5.91. The van der Waals surface area contributed by atoms with Crippen LogP contribution >= 0.6 is 11.3 Å². The van der Waals surface area contributed by atoms with Crippen LogP contribution in [0.3, 0.4) is 0 Å². The quantitative estimate of drug-likeness (QED) is 0.336. The van der Waals surface area contributed by atoms with Gasteiger partial charge in [-0.15, -0.1) is 0 Å². The molecule has 35 heavy (non-hydrogen) atoms. The molecule has 184 valence electrons. The molecule has 4 rings (SSSR count). The van der Waals surface area contributed by atoms with E-state index in [2.05, 4.69) is 46.1 Å². The molecule has 0 atom stereocenters. The molecular formula is C23H23F3N6O2S. The van der Waals surface area contributed by atoms with Crippen LogP contribution in [0.2, 0.25) is 0 Å². The highest BCUT2D eigenvalue weighted by molar-refractivity contribution is 7.19. The van der Waals surface area contributed by atoms with Crippen molar-refractivity contribution in [3.63, 3.8) is 0 Å². The molecule has 0 amide bonds. The summed E-state index contributed by atoms with van der Waals surface area (Å²) in [6.45, 7) is 5.86. The van der Waals surface area contributed by atoms with Crippen LogP contribution < -0.4 is 10.1 Å². The van der Waals surface area contributed by atoms with Gasteiger partial charge in [0.15, 0.2) is 16.6 Å². The molecule has 12 heteroatoms. The minimum atomic E-state index is -4.72. The fourth-order valence-corrected chi connectivity index (χ4v) is 4.38. The van der Waals surface area contributed by atoms with Crippen molar-refractivity contribution in [2.45, 2.75) is 38.9 Å². The zero-order valence-electron chi connectivity index (χ0n) is 19.2. The summed E-state index contributed by atoms with van der Waals surface area (Å²) < 4.78 is 48.7. The van der Waals surface area contributed by atoms with Gasteiger partial charge in [0.05, 0.1) is 13.2 Å². The van der Waals surface area contributed by atoms with Crippen molar-refractivity contribution < 1.29 is 23.0 Å². The van der Waals surface area contributed by atoms with E-state index in [4.69, 9.17) is 4.74 Å². The summed E-state index contributed by atoms with van der Waals surface area (Å²) in [6.07, 6.45) is -2.05. The lowest BCUT2D eigenvalue weighted by Gasteiger charge is -2.22. The van der Waals surface area contributed by atoms with Gasteiger partial charge >= 0.3 is 6.18 Å². The number of alkyl halides is 3. The van der Waals surface area contributed by atoms with Gasteiger partial charge in [-0.3, -0.25) is 0 Å². The number of nitrogens with zero attached hydrogens (tertiary/aromatic N) is 5. The van der Waals surface area contributed by atoms with Crippen molar-refractivity contribution in [2.75, 3.05) is 11.9 Å². The zero-order chi connectivity index (χ0) is 25.2. The van der Waals surface area contributed by atoms with Crippen molar-refractivity contribution in [3.8, 4) is 22.3 Å². The van der Waals surface area contributed by atoms with Crippen LogP contribution in [0, 0.1) is 0 Å². The lowest BCUT2D eigenvalue weighted by molar-refractivity contribution is -0.140. The number of aromatic nitrogens is 5. The molecule has 0 radical (unpaired) electrons. The first kappa shape index (κ1) is 24.6. The van der Waals surface area contributed by atoms with Gasteiger partial charge in [0.2, 0.25) is 5.88 Å². The van der Waals surface area contributed by atoms with Crippen molar-refractivity contribution in [3.05, 3.63) is 60.2 Å². The Morgan fingerprint density at radius 3 is 2.57 bits per heavy atom. The molecule has 4 aromatic rings. The number of para-hydroxylation sites is 1. The van der Waals surface area contributed by atoms with E-state index in [-0.39, 0.29) is 40.3 Å². The highest BCUT2D eigenvalue weighted by atomic mass is 32.1. The number of thiazole rings is 1. The maximum absolute atomic E-state index is 13.8. The van der Waals surface area contributed by atoms with Crippen molar-refractivity contribution in [1.29, 1.82) is 0 Å². The Bertz CT molecular complexity index is 1310. The summed E-state index contributed by atoms with van der Waals surface area (Å²) in [4.78, 5) is 11.8. The van der Waals surface area contributed by atoms with Gasteiger partial charge in [-0.25, -0.2) is 19.6 Å². The third-order valence-electron chi connectivity index (χ3n) is 4.94. The van der Waals surface area contributed by atoms with E-state index >= 15 is 0 Å². The summed E-state index contributed by atoms with van der Waals surface area (Å²) in [5, 5.41) is 16.0. The number of ether oxygens (including phenoxy) is 1. The molecule has 0 aliphatic heterocycles. The molecule has 0 unspecified atom stereocenters. The number of benzene rings is 1. The number of hydrogen-bond donors (Lipinski definition) is 2. The van der Waals surface area contributed by atoms with Crippen LogP contribution in [0.4, 0.5) is 24.0 Å². The van der Waals surface area contributed by atoms with Crippen LogP contribution in [0.5, 0.6) is 11.6 Å². The maximum atomic E-state index is 13.8. The average molecular weight is 505 g/mol. The first-order valence-corrected chi connectivity index (χ1v) is 11.5. The monoisotopic (exact) mass is 504 g/mol. The predicted molar refractivity (Wildman–Crippen MR) is 126 cm³/mol. The number of anilines is 2. The summed E-state index contributed by atoms with van der Waals surface area (Å²) in [5.74, 6) is 0.756. The Kier molecular flexibility index (Phi) is 6.77. The number of nitrogens with one attached hydrogen (secondary N) is 1. The van der Waals surface area contributed by atoms with Gasteiger partial charge in [-0.05, 0) is 23.6 Å². The highest BCUT2D eigenvalue weighted by Gasteiger charge is 2.39. The Morgan fingerprint density at radius 2 is 1.86 bits per heavy atom. The lowest BCUT2D eigenvalue weighted by Crippen LogP contribution is -2.12. The second-order valence-corrected chi connectivity index (χ2v) is 9.55. The van der Waals surface area contributed by atoms with E-state index < -0.39 is 11.9 Å². The zero-order valence-corrected chi connectivity index (χ0v) is 20.0. The minimum Gasteiger partial charge on any atom is -0.437 e. The first-order chi connectivity index (χ1) is 16.6. The highest BCUT2D eigenvalue weighted by Crippen LogP contribution is 2.43. The molecule has 0 aliphatic carbocycles. The lowest BCUT2D eigenvalue weighted by atomic mass is 9.86. The standard InChI is InChI=1S/C23H23F3N6O2S/c1-22(2,3)14-7-4-5-9-16(14)34-20-15(8-6-10-27-20)30-21-31-18(23(24,25)26)17(35-21)19-28-13-29-32(19)11-12-33/h4-10,13,33H,11-12H2,1-3H3,(H,30,31). The molecule has 8 nitrogen and oxygen atoms in total. The average Bonchev–Trinajstić information content (AvgIpc) is 3.42. The fourth-order valence-electron chi connectivity index (χ4n) is 3.38. The summed E-state index contributed by atoms with van der Waals surface area (Å²) in [6, 6.07) is 10.8. The molecule has 3 heterocycles. The second-order valence-electron chi connectivity index (χ2n) is 8.55. The normalized spacial score (nSPS) is 12.1. The van der Waals surface area contributed by atoms with Gasteiger partial charge in [0, 0.05) is 11.8 Å². The van der Waals surface area contributed by atoms with Gasteiger partial charge < -0.3 is 15.2 Å². The molecular weight excluding hydrogens is 481 g/mol. The van der Waals surface area contributed by atoms with Gasteiger partial charge in [-0.1, -0.05) is 50.3 Å². The Morgan fingerprint density at radius 1 is 1.09 bits per heavy atom. The largest absolute Gasteiger partial charge is 0.437 e. The topological polar surface area (TPSA) is 98.0 Å². The molecule has 0 saturated heterocycles. The summed E-state index contributed by atoms with van der Waals surface area (Å²) >= 11 is 0.771. The van der Waals surface area contributed by atoms with E-state index in [1.165, 1.54) is 10.9 Å². The smallest absolute Gasteiger partial charge is 0.435 e. The van der Waals surface area contributed by atoms with Crippen LogP contribution in [0.1, 0.15) is 32.0 Å². The third kappa shape index (κ3) is 5.43. The SMILES string of the molecule is CC(C)(C)c1ccccc1Oc1ncccc1Nc1nc(C(F)(F)F)c(-c2ncnn2CCO)s1. The van der Waals surface area contributed by atoms with E-state index in [0.717, 1.165) is 23.2 Å². The van der Waals surface area contributed by atoms with E-state index in [9.17, 15) is 18.3 Å². The molecule has 3 aromatic heterocycles. The predicted octanol–water partition coefficient (Wildman–Crippen LogP) is 5.64. The van der Waals surface area contributed by atoms with Gasteiger partial charge in [0.1, 0.15) is 22.6 Å². The Balaban J connectivity index is 1.70. The van der Waals surface area contributed by atoms with Crippen LogP contribution in [-0.4, -0.2) is 36.4 Å². The van der Waals surface area contributed by atoms with Gasteiger partial charge in [0.25, 0.3) is 0 Å². The number of aliphatic hydroxyl groups is 1. The molecule has 0 spiro atoms. The molecule has 0 bridgehead atoms. The molecule has 0 aliphatic rings. The van der Waals surface area contributed by atoms with Crippen LogP contribution in [0.15, 0.2) is 48.9 Å². The molecule has 2 N–H and O–H groups in total. The number of halogens is 3. The van der Waals surface area contributed by atoms with E-state index in [0.29, 0.717) is 11.4 Å². The van der Waals surface area contributed by atoms with Crippen LogP contribution in [0.25, 0.3) is 10.7 Å². The Hall–Kier alpha value is -3.51. The van der Waals surface area contributed by atoms with E-state index in [1.807, 2.05) is 24.3 Å². The van der Waals surface area contributed by atoms with E-state index in [1.54, 1.807) is 12.1 Å². The summed E-state index contributed by atoms with van der Waals surface area (Å²) in [7, 11) is 0.